The highest BCUT2D eigenvalue weighted by atomic mass is 19.4. The zero-order valence-electron chi connectivity index (χ0n) is 17.4. The summed E-state index contributed by atoms with van der Waals surface area (Å²) in [7, 11) is 1.32. The number of carboxylic acid groups (broad SMARTS) is 1. The normalized spacial score (nSPS) is 11.5. The van der Waals surface area contributed by atoms with Crippen molar-refractivity contribution in [3.63, 3.8) is 0 Å². The Balaban J connectivity index is 0.00000126. The average Bonchev–Trinajstić information content (AvgIpc) is 3.24. The predicted octanol–water partition coefficient (Wildman–Crippen LogP) is -0.552. The van der Waals surface area contributed by atoms with Gasteiger partial charge in [-0.2, -0.15) is 13.2 Å². The lowest BCUT2D eigenvalue weighted by molar-refractivity contribution is -0.758. The number of H-pyrrole nitrogens is 1. The third-order valence-electron chi connectivity index (χ3n) is 3.43. The molecule has 0 unspecified atom stereocenters. The number of rotatable bonds is 14. The van der Waals surface area contributed by atoms with E-state index >= 15 is 0 Å². The summed E-state index contributed by atoms with van der Waals surface area (Å²) in [6.07, 6.45) is -0.912. The van der Waals surface area contributed by atoms with E-state index in [0.29, 0.717) is 25.9 Å². The maximum absolute atomic E-state index is 11.8. The lowest BCUT2D eigenvalue weighted by Gasteiger charge is -2.15. The fourth-order valence-electron chi connectivity index (χ4n) is 1.98. The van der Waals surface area contributed by atoms with E-state index in [-0.39, 0.29) is 31.7 Å². The SMILES string of the molecule is COC(=O)[C@H](Cc1cnc[nH]1)NCCCNC(=O)COCCO[N+](=O)[O-].O=C(O)C(F)(F)F. The number of aromatic amines is 1. The Hall–Kier alpha value is -3.47. The number of hydrogen-bond acceptors (Lipinski definition) is 10. The lowest BCUT2D eigenvalue weighted by atomic mass is 10.1. The molecule has 1 heterocycles. The molecule has 0 fully saturated rings. The molecule has 0 aromatic carbocycles. The number of alkyl halides is 3. The van der Waals surface area contributed by atoms with Crippen LogP contribution in [0, 0.1) is 10.1 Å². The molecule has 1 aromatic rings. The molecule has 4 N–H and O–H groups in total. The molecular formula is C16H24F3N5O9. The standard InChI is InChI=1S/C14H23N5O7.C2HF3O2/c1-24-14(21)12(7-11-8-15-10-18-11)16-3-2-4-17-13(20)9-25-5-6-26-19(22)23;3-2(4,5)1(6)7/h8,10,12,16H,2-7,9H2,1H3,(H,15,18)(H,17,20);(H,6,7)/t12-;/m0./s1. The van der Waals surface area contributed by atoms with Crippen molar-refractivity contribution in [3.05, 3.63) is 28.3 Å². The number of nitrogens with one attached hydrogen (secondary N) is 3. The molecular weight excluding hydrogens is 463 g/mol. The van der Waals surface area contributed by atoms with Gasteiger partial charge in [-0.3, -0.25) is 9.59 Å². The van der Waals surface area contributed by atoms with E-state index < -0.39 is 23.3 Å². The van der Waals surface area contributed by atoms with Gasteiger partial charge in [-0.25, -0.2) is 9.78 Å². The van der Waals surface area contributed by atoms with E-state index in [1.54, 1.807) is 6.20 Å². The average molecular weight is 487 g/mol. The van der Waals surface area contributed by atoms with Crippen LogP contribution < -0.4 is 10.6 Å². The number of imidazole rings is 1. The maximum atomic E-state index is 11.8. The molecule has 1 aromatic heterocycles. The molecule has 0 radical (unpaired) electrons. The summed E-state index contributed by atoms with van der Waals surface area (Å²) in [4.78, 5) is 52.9. The Morgan fingerprint density at radius 1 is 1.30 bits per heavy atom. The van der Waals surface area contributed by atoms with Gasteiger partial charge in [-0.1, -0.05) is 0 Å². The van der Waals surface area contributed by atoms with Gasteiger partial charge >= 0.3 is 18.1 Å². The van der Waals surface area contributed by atoms with Crippen LogP contribution in [0.25, 0.3) is 0 Å². The number of aromatic nitrogens is 2. The van der Waals surface area contributed by atoms with Gasteiger partial charge in [0.25, 0.3) is 5.09 Å². The highest BCUT2D eigenvalue weighted by Crippen LogP contribution is 2.13. The van der Waals surface area contributed by atoms with Gasteiger partial charge in [0.15, 0.2) is 0 Å². The van der Waals surface area contributed by atoms with Crippen LogP contribution in [0.3, 0.4) is 0 Å². The first-order valence-electron chi connectivity index (χ1n) is 9.17. The topological polar surface area (TPSA) is 195 Å². The van der Waals surface area contributed by atoms with Crippen molar-refractivity contribution < 1.29 is 52.1 Å². The van der Waals surface area contributed by atoms with Gasteiger partial charge in [0.05, 0.1) is 20.0 Å². The summed E-state index contributed by atoms with van der Waals surface area (Å²) in [5.41, 5.74) is 0.805. The van der Waals surface area contributed by atoms with Crippen molar-refractivity contribution in [2.24, 2.45) is 0 Å². The van der Waals surface area contributed by atoms with E-state index in [1.807, 2.05) is 0 Å². The Morgan fingerprint density at radius 3 is 2.48 bits per heavy atom. The van der Waals surface area contributed by atoms with Crippen molar-refractivity contribution in [1.82, 2.24) is 20.6 Å². The van der Waals surface area contributed by atoms with Gasteiger partial charge in [0, 0.05) is 24.9 Å². The van der Waals surface area contributed by atoms with E-state index in [0.717, 1.165) is 5.69 Å². The van der Waals surface area contributed by atoms with E-state index in [4.69, 9.17) is 19.4 Å². The van der Waals surface area contributed by atoms with Crippen LogP contribution in [-0.4, -0.2) is 90.2 Å². The Morgan fingerprint density at radius 2 is 1.97 bits per heavy atom. The summed E-state index contributed by atoms with van der Waals surface area (Å²) in [5, 5.41) is 21.8. The van der Waals surface area contributed by atoms with Crippen molar-refractivity contribution in [2.75, 3.05) is 40.0 Å². The van der Waals surface area contributed by atoms with Crippen LogP contribution in [-0.2, 0) is 35.1 Å². The molecule has 0 bridgehead atoms. The molecule has 1 atom stereocenters. The molecule has 33 heavy (non-hydrogen) atoms. The molecule has 14 nitrogen and oxygen atoms in total. The predicted molar refractivity (Wildman–Crippen MR) is 101 cm³/mol. The molecule has 0 spiro atoms. The monoisotopic (exact) mass is 487 g/mol. The van der Waals surface area contributed by atoms with E-state index in [9.17, 15) is 32.9 Å². The molecule has 1 rings (SSSR count). The summed E-state index contributed by atoms with van der Waals surface area (Å²) in [6.45, 7) is 0.392. The summed E-state index contributed by atoms with van der Waals surface area (Å²) in [5.74, 6) is -3.48. The minimum absolute atomic E-state index is 0.0512. The lowest BCUT2D eigenvalue weighted by Crippen LogP contribution is -2.41. The number of carbonyl (C=O) groups excluding carboxylic acids is 2. The second-order valence-electron chi connectivity index (χ2n) is 5.93. The molecule has 17 heteroatoms. The van der Waals surface area contributed by atoms with Crippen LogP contribution in [0.1, 0.15) is 12.1 Å². The first-order valence-corrected chi connectivity index (χ1v) is 9.17. The van der Waals surface area contributed by atoms with Crippen molar-refractivity contribution >= 4 is 17.8 Å². The first-order chi connectivity index (χ1) is 15.5. The zero-order chi connectivity index (χ0) is 25.3. The Kier molecular flexibility index (Phi) is 14.5. The minimum Gasteiger partial charge on any atom is -0.475 e. The zero-order valence-corrected chi connectivity index (χ0v) is 17.4. The van der Waals surface area contributed by atoms with Crippen molar-refractivity contribution in [1.29, 1.82) is 0 Å². The Bertz CT molecular complexity index is 732. The highest BCUT2D eigenvalue weighted by molar-refractivity contribution is 5.77. The third-order valence-corrected chi connectivity index (χ3v) is 3.43. The summed E-state index contributed by atoms with van der Waals surface area (Å²) in [6, 6.07) is -0.513. The van der Waals surface area contributed by atoms with Crippen LogP contribution >= 0.6 is 0 Å². The number of hydrogen-bond donors (Lipinski definition) is 4. The quantitative estimate of drug-likeness (QED) is 0.114. The second kappa shape index (κ2) is 16.2. The maximum Gasteiger partial charge on any atom is 0.490 e. The highest BCUT2D eigenvalue weighted by Gasteiger charge is 2.38. The number of esters is 1. The second-order valence-corrected chi connectivity index (χ2v) is 5.93. The van der Waals surface area contributed by atoms with Crippen molar-refractivity contribution in [2.45, 2.75) is 25.1 Å². The van der Waals surface area contributed by atoms with Crippen LogP contribution in [0.15, 0.2) is 12.5 Å². The molecule has 188 valence electrons. The van der Waals surface area contributed by atoms with Crippen LogP contribution in [0.5, 0.6) is 0 Å². The minimum atomic E-state index is -5.08. The first kappa shape index (κ1) is 29.5. The number of carboxylic acids is 1. The molecule has 0 saturated heterocycles. The number of methoxy groups -OCH3 is 1. The van der Waals surface area contributed by atoms with Gasteiger partial charge in [-0.15, -0.1) is 10.1 Å². The fraction of sp³-hybridized carbons (Fsp3) is 0.625. The molecule has 0 saturated carbocycles. The van der Waals surface area contributed by atoms with Crippen molar-refractivity contribution in [3.8, 4) is 0 Å². The van der Waals surface area contributed by atoms with Gasteiger partial charge < -0.3 is 35.0 Å². The number of halogens is 3. The Labute approximate surface area is 184 Å². The fourth-order valence-corrected chi connectivity index (χ4v) is 1.98. The smallest absolute Gasteiger partial charge is 0.475 e. The van der Waals surface area contributed by atoms with Gasteiger partial charge in [-0.05, 0) is 13.0 Å². The molecule has 1 amide bonds. The van der Waals surface area contributed by atoms with E-state index in [2.05, 4.69) is 25.4 Å². The molecule has 0 aliphatic carbocycles. The van der Waals surface area contributed by atoms with Gasteiger partial charge in [0.2, 0.25) is 5.91 Å². The number of aliphatic carboxylic acids is 1. The number of nitrogens with zero attached hydrogens (tertiary/aromatic N) is 2. The number of ether oxygens (including phenoxy) is 2. The van der Waals surface area contributed by atoms with Gasteiger partial charge in [0.1, 0.15) is 19.3 Å². The summed E-state index contributed by atoms with van der Waals surface area (Å²) < 4.78 is 41.4. The van der Waals surface area contributed by atoms with Crippen LogP contribution in [0.2, 0.25) is 0 Å². The van der Waals surface area contributed by atoms with Crippen LogP contribution in [0.4, 0.5) is 13.2 Å². The summed E-state index contributed by atoms with van der Waals surface area (Å²) >= 11 is 0. The van der Waals surface area contributed by atoms with E-state index in [1.165, 1.54) is 13.4 Å². The molecule has 0 aliphatic heterocycles. The largest absolute Gasteiger partial charge is 0.490 e. The third kappa shape index (κ3) is 15.9. The number of amides is 1. The number of carbonyl (C=O) groups is 3. The molecule has 0 aliphatic rings.